The topological polar surface area (TPSA) is 107 Å². The number of nitrogens with zero attached hydrogens (tertiary/aromatic N) is 2. The minimum Gasteiger partial charge on any atom is -0.458 e. The second-order valence-electron chi connectivity index (χ2n) is 7.30. The van der Waals surface area contributed by atoms with Gasteiger partial charge in [-0.2, -0.15) is 0 Å². The van der Waals surface area contributed by atoms with Gasteiger partial charge < -0.3 is 20.1 Å². The van der Waals surface area contributed by atoms with E-state index in [1.54, 1.807) is 19.1 Å². The Hall–Kier alpha value is -3.54. The average molecular weight is 405 g/mol. The number of benzene rings is 1. The number of carbonyl (C=O) groups is 1. The fourth-order valence-electron chi connectivity index (χ4n) is 4.04. The van der Waals surface area contributed by atoms with Crippen LogP contribution >= 0.6 is 0 Å². The van der Waals surface area contributed by atoms with Crippen LogP contribution in [0.2, 0.25) is 0 Å². The third-order valence-electron chi connectivity index (χ3n) is 5.55. The molecule has 8 heteroatoms. The van der Waals surface area contributed by atoms with Crippen molar-refractivity contribution in [2.45, 2.75) is 26.2 Å². The van der Waals surface area contributed by atoms with E-state index in [0.29, 0.717) is 33.4 Å². The zero-order chi connectivity index (χ0) is 21.2. The summed E-state index contributed by atoms with van der Waals surface area (Å²) in [4.78, 5) is 29.4. The van der Waals surface area contributed by atoms with Gasteiger partial charge in [-0.15, -0.1) is 0 Å². The molecule has 0 aliphatic carbocycles. The summed E-state index contributed by atoms with van der Waals surface area (Å²) >= 11 is 0. The number of cyclic esters (lactones) is 1. The van der Waals surface area contributed by atoms with Crippen molar-refractivity contribution >= 4 is 16.9 Å². The predicted molar refractivity (Wildman–Crippen MR) is 106 cm³/mol. The Labute approximate surface area is 169 Å². The quantitative estimate of drug-likeness (QED) is 0.337. The van der Waals surface area contributed by atoms with Crippen LogP contribution in [0.1, 0.15) is 33.9 Å². The van der Waals surface area contributed by atoms with E-state index in [-0.39, 0.29) is 36.4 Å². The summed E-state index contributed by atoms with van der Waals surface area (Å²) in [5.41, 5.74) is 8.77. The summed E-state index contributed by atoms with van der Waals surface area (Å²) in [5.74, 6) is 4.69. The zero-order valence-corrected chi connectivity index (χ0v) is 16.0. The van der Waals surface area contributed by atoms with Crippen LogP contribution in [0.15, 0.2) is 23.0 Å². The molecule has 0 bridgehead atoms. The third kappa shape index (κ3) is 2.49. The number of esters is 1. The molecule has 1 unspecified atom stereocenters. The van der Waals surface area contributed by atoms with Crippen molar-refractivity contribution in [2.75, 3.05) is 6.54 Å². The van der Waals surface area contributed by atoms with Crippen LogP contribution in [0.25, 0.3) is 22.3 Å². The first kappa shape index (κ1) is 18.5. The fourth-order valence-corrected chi connectivity index (χ4v) is 4.04. The van der Waals surface area contributed by atoms with Gasteiger partial charge in [-0.1, -0.05) is 11.8 Å². The minimum absolute atomic E-state index is 0.144. The number of carbonyl (C=O) groups excluding carboxylic acids is 1. The van der Waals surface area contributed by atoms with E-state index in [1.165, 1.54) is 10.6 Å². The van der Waals surface area contributed by atoms with Gasteiger partial charge in [0.05, 0.1) is 35.6 Å². The molecule has 2 aromatic heterocycles. The predicted octanol–water partition coefficient (Wildman–Crippen LogP) is 1.27. The molecule has 3 N–H and O–H groups in total. The summed E-state index contributed by atoms with van der Waals surface area (Å²) in [7, 11) is 0. The van der Waals surface area contributed by atoms with Crippen LogP contribution in [0.3, 0.4) is 0 Å². The largest absolute Gasteiger partial charge is 0.458 e. The molecule has 30 heavy (non-hydrogen) atoms. The summed E-state index contributed by atoms with van der Waals surface area (Å²) in [6, 6.07) is 4.60. The number of halogens is 1. The Morgan fingerprint density at radius 2 is 2.13 bits per heavy atom. The molecule has 2 aliphatic heterocycles. The SMILES string of the molecule is Cc1cc2c(C#CCN)c3c(nc2cc1F)-c1cc2c(c(=O)n1C3)COC(=O)C2O. The lowest BCUT2D eigenvalue weighted by molar-refractivity contribution is -0.157. The number of pyridine rings is 2. The van der Waals surface area contributed by atoms with Gasteiger partial charge in [0.2, 0.25) is 0 Å². The molecule has 0 radical (unpaired) electrons. The maximum atomic E-state index is 14.2. The fraction of sp³-hybridized carbons (Fsp3) is 0.227. The van der Waals surface area contributed by atoms with Gasteiger partial charge in [-0.3, -0.25) is 4.79 Å². The molecule has 0 saturated carbocycles. The van der Waals surface area contributed by atoms with E-state index >= 15 is 0 Å². The van der Waals surface area contributed by atoms with E-state index in [2.05, 4.69) is 16.8 Å². The van der Waals surface area contributed by atoms with E-state index in [1.807, 2.05) is 0 Å². The lowest BCUT2D eigenvalue weighted by Crippen LogP contribution is -2.32. The maximum absolute atomic E-state index is 14.2. The molecule has 0 fully saturated rings. The Kier molecular flexibility index (Phi) is 4.00. The second-order valence-corrected chi connectivity index (χ2v) is 7.30. The van der Waals surface area contributed by atoms with Crippen LogP contribution in [0.5, 0.6) is 0 Å². The molecule has 150 valence electrons. The van der Waals surface area contributed by atoms with E-state index in [0.717, 1.165) is 5.56 Å². The van der Waals surface area contributed by atoms with E-state index < -0.39 is 17.9 Å². The van der Waals surface area contributed by atoms with Crippen LogP contribution < -0.4 is 11.3 Å². The number of aromatic nitrogens is 2. The van der Waals surface area contributed by atoms with Crippen LogP contribution in [0, 0.1) is 24.6 Å². The number of fused-ring (bicyclic) bond motifs is 5. The first-order valence-corrected chi connectivity index (χ1v) is 9.34. The molecule has 1 atom stereocenters. The van der Waals surface area contributed by atoms with Gasteiger partial charge >= 0.3 is 5.97 Å². The summed E-state index contributed by atoms with van der Waals surface area (Å²) in [5, 5.41) is 10.9. The first-order valence-electron chi connectivity index (χ1n) is 9.34. The van der Waals surface area contributed by atoms with Crippen molar-refractivity contribution in [3.05, 3.63) is 62.2 Å². The molecule has 0 saturated heterocycles. The normalized spacial score (nSPS) is 16.4. The number of aliphatic hydroxyl groups is 1. The van der Waals surface area contributed by atoms with Gasteiger partial charge in [0, 0.05) is 28.1 Å². The van der Waals surface area contributed by atoms with Crippen molar-refractivity contribution < 1.29 is 19.0 Å². The number of ether oxygens (including phenoxy) is 1. The Balaban J connectivity index is 1.85. The smallest absolute Gasteiger partial charge is 0.340 e. The standard InChI is InChI=1S/C22H16FN3O4/c1-10-5-12-11(3-2-4-24)14-8-26-18(19(14)25-17(12)7-16(10)23)6-13-15(21(26)28)9-30-22(29)20(13)27/h5-7,20,27H,4,8-9,24H2,1H3. The highest BCUT2D eigenvalue weighted by Gasteiger charge is 2.34. The minimum atomic E-state index is -1.53. The summed E-state index contributed by atoms with van der Waals surface area (Å²) in [6.45, 7) is 1.83. The van der Waals surface area contributed by atoms with Crippen LogP contribution in [0.4, 0.5) is 4.39 Å². The van der Waals surface area contributed by atoms with Gasteiger partial charge in [-0.05, 0) is 24.6 Å². The number of aliphatic hydroxyl groups excluding tert-OH is 1. The molecule has 0 spiro atoms. The number of aryl methyl sites for hydroxylation is 1. The van der Waals surface area contributed by atoms with Gasteiger partial charge in [0.1, 0.15) is 12.4 Å². The Morgan fingerprint density at radius 3 is 2.90 bits per heavy atom. The van der Waals surface area contributed by atoms with Gasteiger partial charge in [0.25, 0.3) is 5.56 Å². The summed E-state index contributed by atoms with van der Waals surface area (Å²) < 4.78 is 20.6. The number of nitrogens with two attached hydrogens (primary N) is 1. The Bertz CT molecular complexity index is 1400. The van der Waals surface area contributed by atoms with Crippen molar-refractivity contribution in [1.29, 1.82) is 0 Å². The lowest BCUT2D eigenvalue weighted by Gasteiger charge is -2.21. The molecule has 2 aliphatic rings. The highest BCUT2D eigenvalue weighted by atomic mass is 19.1. The van der Waals surface area contributed by atoms with Crippen molar-refractivity contribution in [1.82, 2.24) is 9.55 Å². The summed E-state index contributed by atoms with van der Waals surface area (Å²) in [6.07, 6.45) is -1.53. The highest BCUT2D eigenvalue weighted by Crippen LogP contribution is 2.37. The number of rotatable bonds is 0. The molecule has 0 amide bonds. The van der Waals surface area contributed by atoms with Crippen LogP contribution in [-0.2, 0) is 22.7 Å². The molecule has 3 aromatic rings. The lowest BCUT2D eigenvalue weighted by atomic mass is 9.98. The molecule has 4 heterocycles. The van der Waals surface area contributed by atoms with E-state index in [4.69, 9.17) is 10.5 Å². The molecule has 7 nitrogen and oxygen atoms in total. The van der Waals surface area contributed by atoms with E-state index in [9.17, 15) is 19.1 Å². The number of hydrogen-bond donors (Lipinski definition) is 2. The molecular formula is C22H16FN3O4. The third-order valence-corrected chi connectivity index (χ3v) is 5.55. The van der Waals surface area contributed by atoms with Crippen molar-refractivity contribution in [2.24, 2.45) is 5.73 Å². The van der Waals surface area contributed by atoms with Crippen molar-refractivity contribution in [3.8, 4) is 23.2 Å². The maximum Gasteiger partial charge on any atom is 0.340 e. The van der Waals surface area contributed by atoms with Crippen molar-refractivity contribution in [3.63, 3.8) is 0 Å². The molecular weight excluding hydrogens is 389 g/mol. The van der Waals surface area contributed by atoms with Gasteiger partial charge in [0.15, 0.2) is 6.10 Å². The molecule has 1 aromatic carbocycles. The van der Waals surface area contributed by atoms with Gasteiger partial charge in [-0.25, -0.2) is 14.2 Å². The molecule has 5 rings (SSSR count). The monoisotopic (exact) mass is 405 g/mol. The first-order chi connectivity index (χ1) is 14.4. The highest BCUT2D eigenvalue weighted by molar-refractivity contribution is 5.91. The average Bonchev–Trinajstić information content (AvgIpc) is 3.08. The number of hydrogen-bond acceptors (Lipinski definition) is 6. The second kappa shape index (κ2) is 6.49. The Morgan fingerprint density at radius 1 is 1.33 bits per heavy atom. The zero-order valence-electron chi connectivity index (χ0n) is 16.0. The van der Waals surface area contributed by atoms with Crippen LogP contribution in [-0.4, -0.2) is 27.2 Å².